The van der Waals surface area contributed by atoms with E-state index >= 15 is 0 Å². The van der Waals surface area contributed by atoms with E-state index < -0.39 is 0 Å². The number of aromatic nitrogens is 3. The third kappa shape index (κ3) is 4.00. The number of anilines is 1. The lowest BCUT2D eigenvalue weighted by Crippen LogP contribution is -2.12. The molecule has 7 nitrogen and oxygen atoms in total. The van der Waals surface area contributed by atoms with Crippen LogP contribution in [0.5, 0.6) is 5.75 Å². The third-order valence-corrected chi connectivity index (χ3v) is 4.99. The molecule has 0 radical (unpaired) electrons. The molecule has 2 aromatic carbocycles. The summed E-state index contributed by atoms with van der Waals surface area (Å²) < 4.78 is 11.0. The van der Waals surface area contributed by atoms with Crippen LogP contribution < -0.4 is 10.1 Å². The maximum absolute atomic E-state index is 12.7. The van der Waals surface area contributed by atoms with E-state index in [1.807, 2.05) is 52.0 Å². The van der Waals surface area contributed by atoms with E-state index in [0.717, 1.165) is 39.4 Å². The predicted octanol–water partition coefficient (Wildman–Crippen LogP) is 4.68. The zero-order chi connectivity index (χ0) is 21.3. The first-order valence-corrected chi connectivity index (χ1v) is 9.61. The number of benzene rings is 2. The molecule has 4 aromatic rings. The third-order valence-electron chi connectivity index (χ3n) is 4.99. The topological polar surface area (TPSA) is 90.1 Å². The Kier molecular flexibility index (Phi) is 5.18. The van der Waals surface area contributed by atoms with Crippen molar-refractivity contribution in [1.82, 2.24) is 15.1 Å². The van der Waals surface area contributed by atoms with Crippen molar-refractivity contribution < 1.29 is 14.1 Å². The first-order chi connectivity index (χ1) is 14.4. The molecule has 30 heavy (non-hydrogen) atoms. The van der Waals surface area contributed by atoms with Gasteiger partial charge in [0.15, 0.2) is 0 Å². The number of carbonyl (C=O) groups is 1. The second kappa shape index (κ2) is 7.94. The van der Waals surface area contributed by atoms with Crippen LogP contribution >= 0.6 is 0 Å². The number of nitrogens with one attached hydrogen (secondary N) is 1. The smallest absolute Gasteiger partial charge is 0.255 e. The van der Waals surface area contributed by atoms with Gasteiger partial charge < -0.3 is 14.6 Å². The number of hydrogen-bond acceptors (Lipinski definition) is 6. The van der Waals surface area contributed by atoms with Gasteiger partial charge in [-0.15, -0.1) is 0 Å². The number of aryl methyl sites for hydroxylation is 4. The molecule has 0 aliphatic rings. The highest BCUT2D eigenvalue weighted by atomic mass is 16.5. The molecular formula is C23H22N4O3. The zero-order valence-electron chi connectivity index (χ0n) is 17.3. The number of amides is 1. The lowest BCUT2D eigenvalue weighted by Gasteiger charge is -2.10. The van der Waals surface area contributed by atoms with E-state index in [2.05, 4.69) is 20.4 Å². The molecule has 0 spiro atoms. The molecular weight excluding hydrogens is 380 g/mol. The molecule has 0 atom stereocenters. The molecule has 0 saturated carbocycles. The largest absolute Gasteiger partial charge is 0.489 e. The normalized spacial score (nSPS) is 10.9. The summed E-state index contributed by atoms with van der Waals surface area (Å²) in [4.78, 5) is 21.8. The van der Waals surface area contributed by atoms with Crippen molar-refractivity contribution in [1.29, 1.82) is 0 Å². The van der Waals surface area contributed by atoms with Crippen molar-refractivity contribution in [3.63, 3.8) is 0 Å². The fourth-order valence-corrected chi connectivity index (χ4v) is 3.10. The molecule has 1 N–H and O–H groups in total. The number of fused-ring (bicyclic) bond motifs is 1. The first kappa shape index (κ1) is 19.6. The summed E-state index contributed by atoms with van der Waals surface area (Å²) in [5, 5.41) is 6.84. The molecule has 0 aliphatic carbocycles. The van der Waals surface area contributed by atoms with Gasteiger partial charge in [-0.25, -0.2) is 9.97 Å². The van der Waals surface area contributed by atoms with Crippen LogP contribution in [0.1, 0.15) is 38.8 Å². The quantitative estimate of drug-likeness (QED) is 0.521. The molecule has 152 valence electrons. The Morgan fingerprint density at radius 1 is 0.967 bits per heavy atom. The van der Waals surface area contributed by atoms with Crippen molar-refractivity contribution in [3.05, 3.63) is 76.4 Å². The van der Waals surface area contributed by atoms with Crippen LogP contribution in [0.25, 0.3) is 11.0 Å². The van der Waals surface area contributed by atoms with Crippen molar-refractivity contribution in [2.75, 3.05) is 5.32 Å². The second-order valence-corrected chi connectivity index (χ2v) is 7.17. The molecule has 2 heterocycles. The summed E-state index contributed by atoms with van der Waals surface area (Å²) in [7, 11) is 0. The van der Waals surface area contributed by atoms with Gasteiger partial charge in [0, 0.05) is 11.3 Å². The fraction of sp³-hybridized carbons (Fsp3) is 0.217. The molecule has 0 saturated heterocycles. The van der Waals surface area contributed by atoms with E-state index in [-0.39, 0.29) is 5.91 Å². The minimum atomic E-state index is -0.228. The van der Waals surface area contributed by atoms with Crippen LogP contribution in [0.4, 0.5) is 5.69 Å². The van der Waals surface area contributed by atoms with Gasteiger partial charge in [-0.3, -0.25) is 4.79 Å². The van der Waals surface area contributed by atoms with Gasteiger partial charge in [-0.05, 0) is 64.1 Å². The van der Waals surface area contributed by atoms with Crippen LogP contribution in [0.2, 0.25) is 0 Å². The molecule has 2 aromatic heterocycles. The van der Waals surface area contributed by atoms with Gasteiger partial charge in [0.25, 0.3) is 5.91 Å². The van der Waals surface area contributed by atoms with Gasteiger partial charge in [0.05, 0.1) is 33.7 Å². The van der Waals surface area contributed by atoms with E-state index in [9.17, 15) is 4.79 Å². The highest BCUT2D eigenvalue weighted by molar-refractivity contribution is 6.05. The molecule has 0 fully saturated rings. The van der Waals surface area contributed by atoms with Crippen LogP contribution in [0.3, 0.4) is 0 Å². The van der Waals surface area contributed by atoms with Gasteiger partial charge in [-0.1, -0.05) is 11.2 Å². The van der Waals surface area contributed by atoms with Gasteiger partial charge in [-0.2, -0.15) is 0 Å². The van der Waals surface area contributed by atoms with Crippen LogP contribution in [0.15, 0.2) is 47.0 Å². The highest BCUT2D eigenvalue weighted by Gasteiger charge is 2.12. The number of carbonyl (C=O) groups excluding carboxylic acids is 1. The van der Waals surface area contributed by atoms with Crippen LogP contribution in [0, 0.1) is 27.7 Å². The van der Waals surface area contributed by atoms with Crippen LogP contribution in [-0.4, -0.2) is 21.0 Å². The zero-order valence-corrected chi connectivity index (χ0v) is 17.3. The predicted molar refractivity (Wildman–Crippen MR) is 114 cm³/mol. The van der Waals surface area contributed by atoms with E-state index in [0.29, 0.717) is 23.6 Å². The van der Waals surface area contributed by atoms with Crippen molar-refractivity contribution in [2.24, 2.45) is 0 Å². The summed E-state index contributed by atoms with van der Waals surface area (Å²) in [5.74, 6) is 1.10. The molecule has 0 bridgehead atoms. The van der Waals surface area contributed by atoms with Gasteiger partial charge >= 0.3 is 0 Å². The monoisotopic (exact) mass is 402 g/mol. The van der Waals surface area contributed by atoms with Gasteiger partial charge in [0.1, 0.15) is 18.1 Å². The number of rotatable bonds is 5. The molecule has 4 rings (SSSR count). The lowest BCUT2D eigenvalue weighted by molar-refractivity contribution is 0.102. The Hall–Kier alpha value is -3.74. The van der Waals surface area contributed by atoms with E-state index in [1.165, 1.54) is 0 Å². The van der Waals surface area contributed by atoms with E-state index in [4.69, 9.17) is 9.26 Å². The molecule has 0 unspecified atom stereocenters. The molecule has 7 heteroatoms. The van der Waals surface area contributed by atoms with E-state index in [1.54, 1.807) is 18.2 Å². The SMILES string of the molecule is Cc1nc2ccc(NC(=O)c3cccc(OCc4c(C)noc4C)c3)cc2nc1C. The molecule has 1 amide bonds. The van der Waals surface area contributed by atoms with Crippen molar-refractivity contribution in [2.45, 2.75) is 34.3 Å². The maximum Gasteiger partial charge on any atom is 0.255 e. The Balaban J connectivity index is 1.49. The first-order valence-electron chi connectivity index (χ1n) is 9.61. The minimum Gasteiger partial charge on any atom is -0.489 e. The van der Waals surface area contributed by atoms with Crippen molar-refractivity contribution in [3.8, 4) is 5.75 Å². The standard InChI is InChI=1S/C23H22N4O3/c1-13-14(2)25-22-11-18(8-9-21(22)24-13)26-23(28)17-6-5-7-19(10-17)29-12-20-15(3)27-30-16(20)4/h5-11H,12H2,1-4H3,(H,26,28). The summed E-state index contributed by atoms with van der Waals surface area (Å²) in [5.41, 5.74) is 6.17. The fourth-order valence-electron chi connectivity index (χ4n) is 3.10. The molecule has 0 aliphatic heterocycles. The maximum atomic E-state index is 12.7. The summed E-state index contributed by atoms with van der Waals surface area (Å²) in [6.45, 7) is 7.89. The highest BCUT2D eigenvalue weighted by Crippen LogP contribution is 2.21. The Morgan fingerprint density at radius 3 is 2.47 bits per heavy atom. The number of nitrogens with zero attached hydrogens (tertiary/aromatic N) is 3. The van der Waals surface area contributed by atoms with Crippen molar-refractivity contribution >= 4 is 22.6 Å². The second-order valence-electron chi connectivity index (χ2n) is 7.17. The average Bonchev–Trinajstić information content (AvgIpc) is 3.05. The Bertz CT molecular complexity index is 1230. The summed E-state index contributed by atoms with van der Waals surface area (Å²) in [6.07, 6.45) is 0. The van der Waals surface area contributed by atoms with Crippen LogP contribution in [-0.2, 0) is 6.61 Å². The summed E-state index contributed by atoms with van der Waals surface area (Å²) >= 11 is 0. The Labute approximate surface area is 174 Å². The minimum absolute atomic E-state index is 0.228. The lowest BCUT2D eigenvalue weighted by atomic mass is 10.2. The number of hydrogen-bond donors (Lipinski definition) is 1. The summed E-state index contributed by atoms with van der Waals surface area (Å²) in [6, 6.07) is 12.6. The van der Waals surface area contributed by atoms with Gasteiger partial charge in [0.2, 0.25) is 0 Å². The Morgan fingerprint density at radius 2 is 1.73 bits per heavy atom. The average molecular weight is 402 g/mol. The number of ether oxygens (including phenoxy) is 1.